The van der Waals surface area contributed by atoms with Gasteiger partial charge in [-0.05, 0) is 60.4 Å². The lowest BCUT2D eigenvalue weighted by Crippen LogP contribution is -2.39. The number of methoxy groups -OCH3 is 2. The zero-order chi connectivity index (χ0) is 30.3. The molecule has 3 aromatic rings. The van der Waals surface area contributed by atoms with E-state index in [1.807, 2.05) is 43.3 Å². The maximum absolute atomic E-state index is 13.6. The number of amides is 1. The summed E-state index contributed by atoms with van der Waals surface area (Å²) in [5.41, 5.74) is 2.88. The molecule has 2 aliphatic rings. The molecule has 0 radical (unpaired) electrons. The van der Waals surface area contributed by atoms with Crippen LogP contribution in [-0.2, 0) is 20.9 Å². The Balaban J connectivity index is 1.50. The second-order valence-electron chi connectivity index (χ2n) is 10.7. The Morgan fingerprint density at radius 1 is 0.930 bits per heavy atom. The summed E-state index contributed by atoms with van der Waals surface area (Å²) in [6.07, 6.45) is 0.667. The Kier molecular flexibility index (Phi) is 9.64. The molecule has 3 aromatic carbocycles. The SMILES string of the molecule is COc1ccc(C(O)=C2C(=O)C(=O)N(CCCN3CCOCC3)C2c2ccc(OCc3ccccc3)c(OC)c2)c(C)c1. The highest BCUT2D eigenvalue weighted by atomic mass is 16.5. The van der Waals surface area contributed by atoms with E-state index in [4.69, 9.17) is 18.9 Å². The number of morpholine rings is 1. The minimum atomic E-state index is -0.803. The van der Waals surface area contributed by atoms with Crippen molar-refractivity contribution in [1.29, 1.82) is 0 Å². The third-order valence-electron chi connectivity index (χ3n) is 7.95. The van der Waals surface area contributed by atoms with Crippen LogP contribution in [-0.4, -0.2) is 80.2 Å². The van der Waals surface area contributed by atoms with Gasteiger partial charge in [0.05, 0.1) is 39.0 Å². The van der Waals surface area contributed by atoms with Crippen LogP contribution in [0.2, 0.25) is 0 Å². The number of aliphatic hydroxyl groups is 1. The molecule has 2 saturated heterocycles. The Labute approximate surface area is 252 Å². The molecule has 0 bridgehead atoms. The van der Waals surface area contributed by atoms with Gasteiger partial charge in [0.25, 0.3) is 11.7 Å². The molecule has 0 aliphatic carbocycles. The predicted octanol–water partition coefficient (Wildman–Crippen LogP) is 4.74. The fraction of sp³-hybridized carbons (Fsp3) is 0.353. The van der Waals surface area contributed by atoms with Gasteiger partial charge in [0, 0.05) is 31.7 Å². The van der Waals surface area contributed by atoms with Crippen molar-refractivity contribution in [2.75, 3.05) is 53.6 Å². The maximum atomic E-state index is 13.6. The first-order valence-electron chi connectivity index (χ1n) is 14.5. The third-order valence-corrected chi connectivity index (χ3v) is 7.95. The fourth-order valence-electron chi connectivity index (χ4n) is 5.63. The van der Waals surface area contributed by atoms with E-state index in [9.17, 15) is 14.7 Å². The minimum Gasteiger partial charge on any atom is -0.507 e. The minimum absolute atomic E-state index is 0.0460. The lowest BCUT2D eigenvalue weighted by atomic mass is 9.93. The molecule has 43 heavy (non-hydrogen) atoms. The van der Waals surface area contributed by atoms with Crippen molar-refractivity contribution >= 4 is 17.4 Å². The van der Waals surface area contributed by atoms with Gasteiger partial charge < -0.3 is 29.0 Å². The van der Waals surface area contributed by atoms with Crippen LogP contribution in [0, 0.1) is 6.92 Å². The number of ether oxygens (including phenoxy) is 4. The van der Waals surface area contributed by atoms with Gasteiger partial charge in [-0.2, -0.15) is 0 Å². The molecule has 2 fully saturated rings. The Morgan fingerprint density at radius 2 is 1.70 bits per heavy atom. The van der Waals surface area contributed by atoms with Gasteiger partial charge in [0.1, 0.15) is 18.1 Å². The van der Waals surface area contributed by atoms with Gasteiger partial charge in [-0.1, -0.05) is 36.4 Å². The summed E-state index contributed by atoms with van der Waals surface area (Å²) in [5, 5.41) is 11.6. The summed E-state index contributed by atoms with van der Waals surface area (Å²) < 4.78 is 22.5. The van der Waals surface area contributed by atoms with E-state index in [-0.39, 0.29) is 11.3 Å². The van der Waals surface area contributed by atoms with E-state index in [2.05, 4.69) is 4.90 Å². The number of hydrogen-bond acceptors (Lipinski definition) is 8. The monoisotopic (exact) mass is 586 g/mol. The van der Waals surface area contributed by atoms with Crippen molar-refractivity contribution in [3.8, 4) is 17.2 Å². The van der Waals surface area contributed by atoms with Crippen LogP contribution in [0.4, 0.5) is 0 Å². The Hall–Kier alpha value is -4.34. The van der Waals surface area contributed by atoms with Crippen molar-refractivity contribution < 1.29 is 33.6 Å². The van der Waals surface area contributed by atoms with Crippen LogP contribution in [0.25, 0.3) is 5.76 Å². The molecule has 1 atom stereocenters. The summed E-state index contributed by atoms with van der Waals surface area (Å²) in [7, 11) is 3.12. The number of hydrogen-bond donors (Lipinski definition) is 1. The largest absolute Gasteiger partial charge is 0.507 e. The molecular formula is C34H38N2O7. The van der Waals surface area contributed by atoms with Crippen LogP contribution in [0.15, 0.2) is 72.3 Å². The highest BCUT2D eigenvalue weighted by molar-refractivity contribution is 6.46. The molecule has 1 unspecified atom stereocenters. The number of benzene rings is 3. The van der Waals surface area contributed by atoms with Gasteiger partial charge in [0.2, 0.25) is 0 Å². The summed E-state index contributed by atoms with van der Waals surface area (Å²) in [6.45, 7) is 6.34. The molecule has 2 aliphatic heterocycles. The normalized spacial score (nSPS) is 18.6. The highest BCUT2D eigenvalue weighted by Gasteiger charge is 2.46. The number of rotatable bonds is 11. The number of aryl methyl sites for hydroxylation is 1. The van der Waals surface area contributed by atoms with Crippen molar-refractivity contribution in [3.05, 3.63) is 94.6 Å². The number of nitrogens with zero attached hydrogens (tertiary/aromatic N) is 2. The van der Waals surface area contributed by atoms with Gasteiger partial charge in [0.15, 0.2) is 11.5 Å². The summed E-state index contributed by atoms with van der Waals surface area (Å²) >= 11 is 0. The Morgan fingerprint density at radius 3 is 2.40 bits per heavy atom. The molecule has 0 aromatic heterocycles. The van der Waals surface area contributed by atoms with Crippen LogP contribution in [0.1, 0.15) is 34.7 Å². The van der Waals surface area contributed by atoms with E-state index >= 15 is 0 Å². The van der Waals surface area contributed by atoms with Crippen molar-refractivity contribution in [1.82, 2.24) is 9.80 Å². The van der Waals surface area contributed by atoms with E-state index in [0.717, 1.165) is 30.8 Å². The second kappa shape index (κ2) is 13.8. The summed E-state index contributed by atoms with van der Waals surface area (Å²) in [5.74, 6) is 0.0569. The molecule has 5 rings (SSSR count). The van der Waals surface area contributed by atoms with Crippen molar-refractivity contribution in [2.24, 2.45) is 0 Å². The average molecular weight is 587 g/mol. The molecule has 0 saturated carbocycles. The highest BCUT2D eigenvalue weighted by Crippen LogP contribution is 2.42. The molecule has 226 valence electrons. The topological polar surface area (TPSA) is 97.8 Å². The van der Waals surface area contributed by atoms with E-state index in [1.54, 1.807) is 49.5 Å². The summed E-state index contributed by atoms with van der Waals surface area (Å²) in [4.78, 5) is 30.9. The number of carbonyl (C=O) groups is 2. The third kappa shape index (κ3) is 6.68. The molecule has 2 heterocycles. The molecule has 9 heteroatoms. The fourth-order valence-corrected chi connectivity index (χ4v) is 5.63. The first-order chi connectivity index (χ1) is 20.9. The van der Waals surface area contributed by atoms with E-state index in [1.165, 1.54) is 0 Å². The average Bonchev–Trinajstić information content (AvgIpc) is 3.29. The van der Waals surface area contributed by atoms with Crippen LogP contribution < -0.4 is 14.2 Å². The quantitative estimate of drug-likeness (QED) is 0.196. The number of aliphatic hydroxyl groups excluding tert-OH is 1. The lowest BCUT2D eigenvalue weighted by Gasteiger charge is -2.29. The van der Waals surface area contributed by atoms with Gasteiger partial charge in [-0.25, -0.2) is 0 Å². The number of ketones is 1. The summed E-state index contributed by atoms with van der Waals surface area (Å²) in [6, 6.07) is 19.6. The first-order valence-corrected chi connectivity index (χ1v) is 14.5. The van der Waals surface area contributed by atoms with Gasteiger partial charge in [-0.3, -0.25) is 14.5 Å². The molecular weight excluding hydrogens is 548 g/mol. The first kappa shape index (κ1) is 30.1. The standard InChI is InChI=1S/C34H38N2O7/c1-23-20-26(40-2)11-12-27(23)32(37)30-31(36(34(39)33(30)38)15-7-14-35-16-18-42-19-17-35)25-10-13-28(29(21-25)41-3)43-22-24-8-5-4-6-9-24/h4-6,8-13,20-21,31,37H,7,14-19,22H2,1-3H3. The Bertz CT molecular complexity index is 1480. The molecule has 1 N–H and O–H groups in total. The number of carbonyl (C=O) groups excluding carboxylic acids is 2. The number of Topliss-reactive ketones (excluding diaryl/α,β-unsaturated/α-hetero) is 1. The van der Waals surface area contributed by atoms with E-state index < -0.39 is 17.7 Å². The predicted molar refractivity (Wildman–Crippen MR) is 162 cm³/mol. The molecule has 1 amide bonds. The zero-order valence-corrected chi connectivity index (χ0v) is 24.9. The van der Waals surface area contributed by atoms with Gasteiger partial charge in [-0.15, -0.1) is 0 Å². The number of likely N-dealkylation sites (tertiary alicyclic amines) is 1. The lowest BCUT2D eigenvalue weighted by molar-refractivity contribution is -0.140. The molecule has 0 spiro atoms. The van der Waals surface area contributed by atoms with Crippen molar-refractivity contribution in [2.45, 2.75) is 26.0 Å². The van der Waals surface area contributed by atoms with Crippen LogP contribution in [0.5, 0.6) is 17.2 Å². The maximum Gasteiger partial charge on any atom is 0.295 e. The zero-order valence-electron chi connectivity index (χ0n) is 24.9. The van der Waals surface area contributed by atoms with Crippen LogP contribution in [0.3, 0.4) is 0 Å². The van der Waals surface area contributed by atoms with Crippen LogP contribution >= 0.6 is 0 Å². The molecule has 9 nitrogen and oxygen atoms in total. The second-order valence-corrected chi connectivity index (χ2v) is 10.7. The smallest absolute Gasteiger partial charge is 0.295 e. The van der Waals surface area contributed by atoms with E-state index in [0.29, 0.717) is 61.2 Å². The van der Waals surface area contributed by atoms with Crippen molar-refractivity contribution in [3.63, 3.8) is 0 Å². The van der Waals surface area contributed by atoms with Gasteiger partial charge >= 0.3 is 0 Å².